The molecule has 3 rings (SSSR count). The maximum atomic E-state index is 13.0. The van der Waals surface area contributed by atoms with Crippen molar-refractivity contribution in [3.8, 4) is 5.75 Å². The lowest BCUT2D eigenvalue weighted by molar-refractivity contribution is -0.140. The standard InChI is InChI=1S/C24H28N2O5/c1-15(2)31-19-7-6-18(14-16(19)3)22(27)20-21(17-8-10-25-11-9-17)26(12-5-13-30-4)24(29)23(20)28/h6-11,14-15,21,27H,5,12-13H2,1-4H3/t21-/m0/s1. The summed E-state index contributed by atoms with van der Waals surface area (Å²) in [5.41, 5.74) is 2.07. The lowest BCUT2D eigenvalue weighted by Crippen LogP contribution is -2.31. The molecule has 1 aliphatic heterocycles. The number of rotatable bonds is 8. The molecule has 0 aliphatic carbocycles. The van der Waals surface area contributed by atoms with Crippen LogP contribution in [0.1, 0.15) is 43.0 Å². The van der Waals surface area contributed by atoms with Crippen LogP contribution in [0, 0.1) is 6.92 Å². The third-order valence-electron chi connectivity index (χ3n) is 5.12. The van der Waals surface area contributed by atoms with Crippen molar-refractivity contribution in [2.45, 2.75) is 39.3 Å². The molecule has 7 heteroatoms. The van der Waals surface area contributed by atoms with Gasteiger partial charge in [0, 0.05) is 38.2 Å². The van der Waals surface area contributed by atoms with Crippen molar-refractivity contribution in [3.63, 3.8) is 0 Å². The summed E-state index contributed by atoms with van der Waals surface area (Å²) in [6, 6.07) is 8.03. The number of methoxy groups -OCH3 is 1. The van der Waals surface area contributed by atoms with Crippen molar-refractivity contribution in [1.82, 2.24) is 9.88 Å². The molecule has 2 aromatic rings. The van der Waals surface area contributed by atoms with Gasteiger partial charge in [0.1, 0.15) is 11.5 Å². The quantitative estimate of drug-likeness (QED) is 0.301. The van der Waals surface area contributed by atoms with Crippen LogP contribution in [0.25, 0.3) is 5.76 Å². The molecule has 0 bridgehead atoms. The zero-order valence-electron chi connectivity index (χ0n) is 18.3. The fourth-order valence-electron chi connectivity index (χ4n) is 3.72. The van der Waals surface area contributed by atoms with Gasteiger partial charge >= 0.3 is 0 Å². The number of hydrogen-bond donors (Lipinski definition) is 1. The molecule has 1 fully saturated rings. The van der Waals surface area contributed by atoms with E-state index in [-0.39, 0.29) is 17.4 Å². The van der Waals surface area contributed by atoms with Crippen molar-refractivity contribution >= 4 is 17.4 Å². The molecule has 1 aromatic carbocycles. The summed E-state index contributed by atoms with van der Waals surface area (Å²) in [6.07, 6.45) is 3.80. The molecule has 0 saturated carbocycles. The zero-order valence-corrected chi connectivity index (χ0v) is 18.3. The molecule has 1 N–H and O–H groups in total. The fourth-order valence-corrected chi connectivity index (χ4v) is 3.72. The molecular weight excluding hydrogens is 396 g/mol. The summed E-state index contributed by atoms with van der Waals surface area (Å²) >= 11 is 0. The summed E-state index contributed by atoms with van der Waals surface area (Å²) in [7, 11) is 1.59. The Morgan fingerprint density at radius 3 is 2.52 bits per heavy atom. The van der Waals surface area contributed by atoms with E-state index < -0.39 is 17.7 Å². The number of aromatic nitrogens is 1. The van der Waals surface area contributed by atoms with Crippen molar-refractivity contribution in [2.24, 2.45) is 0 Å². The lowest BCUT2D eigenvalue weighted by Gasteiger charge is -2.25. The van der Waals surface area contributed by atoms with E-state index in [4.69, 9.17) is 9.47 Å². The first-order valence-corrected chi connectivity index (χ1v) is 10.3. The number of Topliss-reactive ketones (excluding diaryl/α,β-unsaturated/α-hetero) is 1. The van der Waals surface area contributed by atoms with Gasteiger partial charge in [-0.2, -0.15) is 0 Å². The van der Waals surface area contributed by atoms with E-state index in [9.17, 15) is 14.7 Å². The number of aliphatic hydroxyl groups excluding tert-OH is 1. The first-order valence-electron chi connectivity index (χ1n) is 10.3. The van der Waals surface area contributed by atoms with Crippen LogP contribution in [0.15, 0.2) is 48.3 Å². The number of ketones is 1. The van der Waals surface area contributed by atoms with Gasteiger partial charge in [0.2, 0.25) is 0 Å². The minimum atomic E-state index is -0.697. The Balaban J connectivity index is 2.07. The molecule has 1 aliphatic rings. The smallest absolute Gasteiger partial charge is 0.295 e. The summed E-state index contributed by atoms with van der Waals surface area (Å²) in [6.45, 7) is 6.54. The molecular formula is C24H28N2O5. The predicted octanol–water partition coefficient (Wildman–Crippen LogP) is 3.64. The number of hydrogen-bond acceptors (Lipinski definition) is 6. The minimum Gasteiger partial charge on any atom is -0.507 e. The van der Waals surface area contributed by atoms with Crippen LogP contribution >= 0.6 is 0 Å². The van der Waals surface area contributed by atoms with E-state index in [1.54, 1.807) is 49.8 Å². The molecule has 0 unspecified atom stereocenters. The van der Waals surface area contributed by atoms with Gasteiger partial charge in [0.05, 0.1) is 17.7 Å². The highest BCUT2D eigenvalue weighted by Crippen LogP contribution is 2.39. The van der Waals surface area contributed by atoms with Crippen LogP contribution in [0.2, 0.25) is 0 Å². The van der Waals surface area contributed by atoms with Gasteiger partial charge in [-0.1, -0.05) is 0 Å². The Hall–Kier alpha value is -3.19. The first-order chi connectivity index (χ1) is 14.8. The molecule has 1 aromatic heterocycles. The number of carbonyl (C=O) groups is 2. The Labute approximate surface area is 182 Å². The van der Waals surface area contributed by atoms with Crippen molar-refractivity contribution in [3.05, 3.63) is 65.0 Å². The number of nitrogens with zero attached hydrogens (tertiary/aromatic N) is 2. The van der Waals surface area contributed by atoms with E-state index in [0.717, 1.165) is 5.56 Å². The highest BCUT2D eigenvalue weighted by atomic mass is 16.5. The molecule has 7 nitrogen and oxygen atoms in total. The number of pyridine rings is 1. The SMILES string of the molecule is COCCCN1C(=O)C(=O)C(=C(O)c2ccc(OC(C)C)c(C)c2)[C@@H]1c1ccncc1. The third kappa shape index (κ3) is 4.77. The van der Waals surface area contributed by atoms with Crippen molar-refractivity contribution < 1.29 is 24.2 Å². The first kappa shape index (κ1) is 22.5. The molecule has 0 spiro atoms. The van der Waals surface area contributed by atoms with Gasteiger partial charge in [-0.15, -0.1) is 0 Å². The van der Waals surface area contributed by atoms with Gasteiger partial charge in [-0.25, -0.2) is 0 Å². The maximum Gasteiger partial charge on any atom is 0.295 e. The predicted molar refractivity (Wildman–Crippen MR) is 117 cm³/mol. The monoisotopic (exact) mass is 424 g/mol. The van der Waals surface area contributed by atoms with E-state index in [0.29, 0.717) is 36.4 Å². The van der Waals surface area contributed by atoms with E-state index >= 15 is 0 Å². The van der Waals surface area contributed by atoms with Gasteiger partial charge in [-0.05, 0) is 68.7 Å². The zero-order chi connectivity index (χ0) is 22.5. The Bertz CT molecular complexity index is 985. The largest absolute Gasteiger partial charge is 0.507 e. The fraction of sp³-hybridized carbons (Fsp3) is 0.375. The van der Waals surface area contributed by atoms with Crippen LogP contribution in [0.3, 0.4) is 0 Å². The molecule has 1 amide bonds. The van der Waals surface area contributed by atoms with Gasteiger partial charge in [0.15, 0.2) is 0 Å². The Morgan fingerprint density at radius 1 is 1.19 bits per heavy atom. The van der Waals surface area contributed by atoms with Crippen LogP contribution in [-0.4, -0.2) is 53.0 Å². The second-order valence-corrected chi connectivity index (χ2v) is 7.77. The topological polar surface area (TPSA) is 89.0 Å². The Morgan fingerprint density at radius 2 is 1.90 bits per heavy atom. The van der Waals surface area contributed by atoms with Crippen molar-refractivity contribution in [2.75, 3.05) is 20.3 Å². The number of aryl methyl sites for hydroxylation is 1. The van der Waals surface area contributed by atoms with E-state index in [1.807, 2.05) is 20.8 Å². The molecule has 1 saturated heterocycles. The normalized spacial score (nSPS) is 18.1. The van der Waals surface area contributed by atoms with Gasteiger partial charge in [-0.3, -0.25) is 14.6 Å². The highest BCUT2D eigenvalue weighted by molar-refractivity contribution is 6.46. The van der Waals surface area contributed by atoms with Crippen molar-refractivity contribution in [1.29, 1.82) is 0 Å². The van der Waals surface area contributed by atoms with Crippen LogP contribution < -0.4 is 4.74 Å². The van der Waals surface area contributed by atoms with E-state index in [1.165, 1.54) is 4.90 Å². The highest BCUT2D eigenvalue weighted by Gasteiger charge is 2.45. The average molecular weight is 424 g/mol. The number of aliphatic hydroxyl groups is 1. The van der Waals surface area contributed by atoms with E-state index in [2.05, 4.69) is 4.98 Å². The molecule has 2 heterocycles. The third-order valence-corrected chi connectivity index (χ3v) is 5.12. The summed E-state index contributed by atoms with van der Waals surface area (Å²) in [5.74, 6) is -0.821. The molecule has 31 heavy (non-hydrogen) atoms. The second-order valence-electron chi connectivity index (χ2n) is 7.77. The summed E-state index contributed by atoms with van der Waals surface area (Å²) in [4.78, 5) is 31.3. The Kier molecular flexibility index (Phi) is 7.07. The van der Waals surface area contributed by atoms with Crippen LogP contribution in [0.4, 0.5) is 0 Å². The second kappa shape index (κ2) is 9.75. The summed E-state index contributed by atoms with van der Waals surface area (Å²) in [5, 5.41) is 11.1. The molecule has 1 atom stereocenters. The molecule has 0 radical (unpaired) electrons. The van der Waals surface area contributed by atoms with Gasteiger partial charge in [0.25, 0.3) is 11.7 Å². The number of amides is 1. The average Bonchev–Trinajstić information content (AvgIpc) is 3.00. The number of benzene rings is 1. The van der Waals surface area contributed by atoms with Crippen LogP contribution in [-0.2, 0) is 14.3 Å². The number of carbonyl (C=O) groups excluding carboxylic acids is 2. The minimum absolute atomic E-state index is 0.0160. The molecule has 164 valence electrons. The number of ether oxygens (including phenoxy) is 2. The van der Waals surface area contributed by atoms with Gasteiger partial charge < -0.3 is 19.5 Å². The maximum absolute atomic E-state index is 13.0. The lowest BCUT2D eigenvalue weighted by atomic mass is 9.95. The number of likely N-dealkylation sites (tertiary alicyclic amines) is 1. The van der Waals surface area contributed by atoms with Crippen LogP contribution in [0.5, 0.6) is 5.75 Å². The summed E-state index contributed by atoms with van der Waals surface area (Å²) < 4.78 is 10.9.